The molecule has 38 heavy (non-hydrogen) atoms. The first-order valence-corrected chi connectivity index (χ1v) is 11.9. The van der Waals surface area contributed by atoms with Crippen LogP contribution in [0, 0.1) is 5.82 Å². The van der Waals surface area contributed by atoms with Gasteiger partial charge in [-0.25, -0.2) is 4.39 Å². The van der Waals surface area contributed by atoms with E-state index in [4.69, 9.17) is 31.2 Å². The Morgan fingerprint density at radius 2 is 1.74 bits per heavy atom. The molecule has 0 saturated carbocycles. The number of carbonyl (C=O) groups is 2. The second-order valence-corrected chi connectivity index (χ2v) is 8.51. The van der Waals surface area contributed by atoms with Gasteiger partial charge in [-0.2, -0.15) is 0 Å². The normalized spacial score (nSPS) is 14.2. The molecule has 0 N–H and O–H groups in total. The molecule has 1 fully saturated rings. The summed E-state index contributed by atoms with van der Waals surface area (Å²) in [6.45, 7) is -0.101. The van der Waals surface area contributed by atoms with E-state index in [1.54, 1.807) is 67.8 Å². The lowest BCUT2D eigenvalue weighted by atomic mass is 10.1. The summed E-state index contributed by atoms with van der Waals surface area (Å²) >= 11 is 5.58. The lowest BCUT2D eigenvalue weighted by molar-refractivity contribution is -0.140. The van der Waals surface area contributed by atoms with Gasteiger partial charge in [-0.1, -0.05) is 18.2 Å². The molecule has 8 nitrogen and oxygen atoms in total. The highest BCUT2D eigenvalue weighted by Gasteiger charge is 2.40. The number of thiocarbonyl (C=S) groups is 1. The average Bonchev–Trinajstić information content (AvgIpc) is 3.15. The molecule has 0 bridgehead atoms. The number of nitrogens with zero attached hydrogens (tertiary/aromatic N) is 2. The molecule has 10 heteroatoms. The van der Waals surface area contributed by atoms with Crippen LogP contribution in [0.5, 0.6) is 17.2 Å². The monoisotopic (exact) mass is 536 g/mol. The number of hydrogen-bond acceptors (Lipinski definition) is 7. The molecule has 0 atom stereocenters. The molecule has 3 aromatic carbocycles. The fourth-order valence-corrected chi connectivity index (χ4v) is 4.18. The van der Waals surface area contributed by atoms with Crippen LogP contribution in [0.2, 0.25) is 0 Å². The largest absolute Gasteiger partial charge is 0.497 e. The first-order valence-electron chi connectivity index (χ1n) is 11.5. The highest BCUT2D eigenvalue weighted by molar-refractivity contribution is 7.80. The number of methoxy groups -OCH3 is 3. The van der Waals surface area contributed by atoms with Crippen molar-refractivity contribution in [2.75, 3.05) is 32.8 Å². The summed E-state index contributed by atoms with van der Waals surface area (Å²) in [7, 11) is 4.30. The number of hydrogen-bond donors (Lipinski definition) is 0. The number of ether oxygens (including phenoxy) is 4. The Balaban J connectivity index is 1.64. The maximum atomic E-state index is 13.5. The van der Waals surface area contributed by atoms with Crippen LogP contribution in [0.25, 0.3) is 6.08 Å². The van der Waals surface area contributed by atoms with E-state index in [-0.39, 0.29) is 29.8 Å². The van der Waals surface area contributed by atoms with Crippen LogP contribution < -0.4 is 19.1 Å². The van der Waals surface area contributed by atoms with Gasteiger partial charge >= 0.3 is 5.97 Å². The van der Waals surface area contributed by atoms with Crippen molar-refractivity contribution in [1.29, 1.82) is 0 Å². The Bertz CT molecular complexity index is 1390. The number of esters is 1. The molecule has 1 aliphatic heterocycles. The summed E-state index contributed by atoms with van der Waals surface area (Å²) in [6, 6.07) is 18.1. The smallest absolute Gasteiger partial charge is 0.325 e. The van der Waals surface area contributed by atoms with Crippen LogP contribution in [0.1, 0.15) is 11.1 Å². The summed E-state index contributed by atoms with van der Waals surface area (Å²) in [5.74, 6) is 0.171. The van der Waals surface area contributed by atoms with Crippen LogP contribution >= 0.6 is 12.2 Å². The Hall–Kier alpha value is -4.44. The van der Waals surface area contributed by atoms with Gasteiger partial charge in [-0.05, 0) is 78.0 Å². The SMILES string of the molecule is COC(=O)CN1C(=S)N(c2ccc(OC)cc2)C(=O)/C1=C/c1ccc(OCc2cccc(F)c2)c(OC)c1. The van der Waals surface area contributed by atoms with Gasteiger partial charge in [0.15, 0.2) is 16.6 Å². The third-order valence-electron chi connectivity index (χ3n) is 5.76. The molecule has 3 aromatic rings. The fraction of sp³-hybridized carbons (Fsp3) is 0.179. The molecule has 196 valence electrons. The lowest BCUT2D eigenvalue weighted by Gasteiger charge is -2.19. The molecular weight excluding hydrogens is 511 g/mol. The van der Waals surface area contributed by atoms with E-state index in [1.165, 1.54) is 36.2 Å². The number of carbonyl (C=O) groups excluding carboxylic acids is 2. The van der Waals surface area contributed by atoms with Crippen molar-refractivity contribution < 1.29 is 32.9 Å². The molecule has 0 unspecified atom stereocenters. The van der Waals surface area contributed by atoms with Gasteiger partial charge in [0.2, 0.25) is 0 Å². The summed E-state index contributed by atoms with van der Waals surface area (Å²) in [5.41, 5.74) is 1.99. The molecule has 0 aliphatic carbocycles. The second-order valence-electron chi connectivity index (χ2n) is 8.14. The van der Waals surface area contributed by atoms with Crippen molar-refractivity contribution in [2.45, 2.75) is 6.61 Å². The van der Waals surface area contributed by atoms with Crippen LogP contribution in [0.3, 0.4) is 0 Å². The lowest BCUT2D eigenvalue weighted by Crippen LogP contribution is -2.35. The Morgan fingerprint density at radius 1 is 0.974 bits per heavy atom. The van der Waals surface area contributed by atoms with E-state index in [9.17, 15) is 14.0 Å². The van der Waals surface area contributed by atoms with Crippen molar-refractivity contribution in [3.8, 4) is 17.2 Å². The molecule has 0 spiro atoms. The first kappa shape index (κ1) is 26.6. The quantitative estimate of drug-likeness (QED) is 0.224. The summed E-state index contributed by atoms with van der Waals surface area (Å²) in [4.78, 5) is 28.4. The van der Waals surface area contributed by atoms with Crippen molar-refractivity contribution in [3.63, 3.8) is 0 Å². The maximum absolute atomic E-state index is 13.5. The zero-order valence-electron chi connectivity index (χ0n) is 21.0. The highest BCUT2D eigenvalue weighted by atomic mass is 32.1. The average molecular weight is 537 g/mol. The van der Waals surface area contributed by atoms with Crippen LogP contribution in [-0.4, -0.2) is 49.8 Å². The fourth-order valence-electron chi connectivity index (χ4n) is 3.82. The number of halogens is 1. The van der Waals surface area contributed by atoms with Gasteiger partial charge in [0, 0.05) is 0 Å². The predicted molar refractivity (Wildman–Crippen MR) is 144 cm³/mol. The second kappa shape index (κ2) is 11.7. The third-order valence-corrected chi connectivity index (χ3v) is 6.16. The van der Waals surface area contributed by atoms with E-state index < -0.39 is 11.9 Å². The number of benzene rings is 3. The van der Waals surface area contributed by atoms with Crippen LogP contribution in [0.4, 0.5) is 10.1 Å². The van der Waals surface area contributed by atoms with Crippen molar-refractivity contribution >= 4 is 41.0 Å². The number of amides is 1. The number of rotatable bonds is 9. The predicted octanol–water partition coefficient (Wildman–Crippen LogP) is 4.57. The van der Waals surface area contributed by atoms with Crippen molar-refractivity contribution in [1.82, 2.24) is 4.90 Å². The van der Waals surface area contributed by atoms with E-state index >= 15 is 0 Å². The molecule has 4 rings (SSSR count). The minimum Gasteiger partial charge on any atom is -0.497 e. The summed E-state index contributed by atoms with van der Waals surface area (Å²) in [5, 5.41) is 0.138. The van der Waals surface area contributed by atoms with Crippen LogP contribution in [0.15, 0.2) is 72.4 Å². The molecule has 1 aliphatic rings. The minimum absolute atomic E-state index is 0.138. The Labute approximate surface area is 224 Å². The molecular formula is C28H25FN2O6S. The molecule has 1 heterocycles. The van der Waals surface area contributed by atoms with Gasteiger partial charge in [0.05, 0.1) is 27.0 Å². The van der Waals surface area contributed by atoms with Crippen molar-refractivity contribution in [2.24, 2.45) is 0 Å². The van der Waals surface area contributed by atoms with E-state index in [0.717, 1.165) is 0 Å². The topological polar surface area (TPSA) is 77.5 Å². The Morgan fingerprint density at radius 3 is 2.39 bits per heavy atom. The van der Waals surface area contributed by atoms with Gasteiger partial charge in [0.1, 0.15) is 30.4 Å². The van der Waals surface area contributed by atoms with Gasteiger partial charge in [-0.3, -0.25) is 14.5 Å². The van der Waals surface area contributed by atoms with Crippen molar-refractivity contribution in [3.05, 3.63) is 89.4 Å². The zero-order chi connectivity index (χ0) is 27.2. The van der Waals surface area contributed by atoms with Gasteiger partial charge in [0.25, 0.3) is 5.91 Å². The number of anilines is 1. The molecule has 0 radical (unpaired) electrons. The van der Waals surface area contributed by atoms with E-state index in [1.807, 2.05) is 0 Å². The zero-order valence-corrected chi connectivity index (χ0v) is 21.8. The Kier molecular flexibility index (Phi) is 8.22. The summed E-state index contributed by atoms with van der Waals surface area (Å²) in [6.07, 6.45) is 1.61. The minimum atomic E-state index is -0.554. The van der Waals surface area contributed by atoms with Crippen LogP contribution in [-0.2, 0) is 20.9 Å². The standard InChI is InChI=1S/C28H25FN2O6S/c1-34-22-10-8-21(9-11-22)31-27(33)23(30(28(31)38)16-26(32)36-3)14-18-7-12-24(25(15-18)35-2)37-17-19-5-4-6-20(29)13-19/h4-15H,16-17H2,1-3H3/b23-14-. The molecule has 0 aromatic heterocycles. The maximum Gasteiger partial charge on any atom is 0.325 e. The van der Waals surface area contributed by atoms with Gasteiger partial charge in [-0.15, -0.1) is 0 Å². The molecule has 1 saturated heterocycles. The summed E-state index contributed by atoms with van der Waals surface area (Å²) < 4.78 is 34.8. The first-order chi connectivity index (χ1) is 18.3. The molecule has 1 amide bonds. The van der Waals surface area contributed by atoms with E-state index in [0.29, 0.717) is 34.1 Å². The highest BCUT2D eigenvalue weighted by Crippen LogP contribution is 2.33. The van der Waals surface area contributed by atoms with E-state index in [2.05, 4.69) is 0 Å². The third kappa shape index (κ3) is 5.76. The van der Waals surface area contributed by atoms with Gasteiger partial charge < -0.3 is 23.8 Å².